The van der Waals surface area contributed by atoms with Crippen LogP contribution < -0.4 is 15.3 Å². The fourth-order valence-electron chi connectivity index (χ4n) is 5.19. The highest BCUT2D eigenvalue weighted by molar-refractivity contribution is 6.35. The van der Waals surface area contributed by atoms with Gasteiger partial charge in [0.25, 0.3) is 0 Å². The minimum atomic E-state index is -5.19. The van der Waals surface area contributed by atoms with E-state index in [1.807, 2.05) is 6.92 Å². The van der Waals surface area contributed by atoms with Crippen molar-refractivity contribution in [1.29, 1.82) is 0 Å². The van der Waals surface area contributed by atoms with Crippen molar-refractivity contribution in [2.45, 2.75) is 76.9 Å². The third kappa shape index (κ3) is 9.40. The number of quaternary nitrogens is 1. The number of piperidine rings is 3. The molecule has 1 amide bonds. The first kappa shape index (κ1) is 32.8. The van der Waals surface area contributed by atoms with Gasteiger partial charge in [-0.2, -0.15) is 18.3 Å². The number of amides is 1. The molecule has 14 heteroatoms. The number of carbonyl (C=O) groups is 3. The first-order valence-corrected chi connectivity index (χ1v) is 14.4. The van der Waals surface area contributed by atoms with Gasteiger partial charge in [-0.15, -0.1) is 0 Å². The standard InChI is InChI=1S/C25H33Cl2N5O2.C2HF3O2/c1-2-20(33)6-4-3-5-7-21(28-24(34)25-8-11-32(12-9-25)13-10-25)23-29-22(30-31-23)17-14-18(26)16-19(27)15-17;3-2(4,5)1(6)7/h14-16,21H,2-13H2,1H3,(H,28,34)(H,29,30,31);(H,6,7)/t21-;/m0./s1. The molecule has 1 atom stereocenters. The third-order valence-corrected chi connectivity index (χ3v) is 8.12. The number of halogens is 5. The van der Waals surface area contributed by atoms with E-state index in [0.29, 0.717) is 40.3 Å². The lowest BCUT2D eigenvalue weighted by Gasteiger charge is -2.44. The highest BCUT2D eigenvalue weighted by Gasteiger charge is 2.48. The molecule has 3 fully saturated rings. The number of carboxylic acids is 1. The van der Waals surface area contributed by atoms with E-state index >= 15 is 0 Å². The monoisotopic (exact) mass is 619 g/mol. The Kier molecular flexibility index (Phi) is 11.6. The number of aromatic amines is 1. The summed E-state index contributed by atoms with van der Waals surface area (Å²) in [5.74, 6) is -1.43. The number of rotatable bonds is 11. The smallest absolute Gasteiger partial charge is 0.430 e. The van der Waals surface area contributed by atoms with Gasteiger partial charge in [-0.05, 0) is 31.0 Å². The number of unbranched alkanes of at least 4 members (excludes halogenated alkanes) is 2. The summed E-state index contributed by atoms with van der Waals surface area (Å²) in [5.41, 5.74) is 0.473. The van der Waals surface area contributed by atoms with Crippen LogP contribution in [0.4, 0.5) is 13.2 Å². The normalized spacial score (nSPS) is 20.6. The molecule has 3 saturated heterocycles. The van der Waals surface area contributed by atoms with Crippen LogP contribution in [-0.4, -0.2) is 58.7 Å². The Bertz CT molecular complexity index is 1180. The van der Waals surface area contributed by atoms with E-state index in [1.54, 1.807) is 23.1 Å². The van der Waals surface area contributed by atoms with Crippen molar-refractivity contribution < 1.29 is 37.6 Å². The van der Waals surface area contributed by atoms with E-state index in [-0.39, 0.29) is 17.4 Å². The van der Waals surface area contributed by atoms with Crippen molar-refractivity contribution in [3.8, 4) is 11.4 Å². The molecule has 4 heterocycles. The van der Waals surface area contributed by atoms with E-state index in [4.69, 9.17) is 38.1 Å². The number of aromatic nitrogens is 3. The molecular formula is C27H34Cl2F3N5O4. The van der Waals surface area contributed by atoms with E-state index in [2.05, 4.69) is 15.5 Å². The predicted octanol–water partition coefficient (Wildman–Crippen LogP) is 3.23. The van der Waals surface area contributed by atoms with Gasteiger partial charge in [-0.3, -0.25) is 14.7 Å². The summed E-state index contributed by atoms with van der Waals surface area (Å²) in [7, 11) is 0. The van der Waals surface area contributed by atoms with Crippen molar-refractivity contribution in [3.63, 3.8) is 0 Å². The van der Waals surface area contributed by atoms with Crippen molar-refractivity contribution in [3.05, 3.63) is 34.1 Å². The highest BCUT2D eigenvalue weighted by atomic mass is 35.5. The van der Waals surface area contributed by atoms with E-state index in [1.165, 1.54) is 0 Å². The summed E-state index contributed by atoms with van der Waals surface area (Å²) in [5, 5.41) is 20.6. The van der Waals surface area contributed by atoms with Crippen molar-refractivity contribution in [2.75, 3.05) is 19.6 Å². The lowest BCUT2D eigenvalue weighted by atomic mass is 9.71. The molecule has 41 heavy (non-hydrogen) atoms. The first-order chi connectivity index (χ1) is 19.3. The zero-order chi connectivity index (χ0) is 30.2. The zero-order valence-corrected chi connectivity index (χ0v) is 24.2. The lowest BCUT2D eigenvalue weighted by Crippen LogP contribution is -3.15. The molecule has 0 radical (unpaired) electrons. The second-order valence-electron chi connectivity index (χ2n) is 10.5. The molecule has 3 aliphatic heterocycles. The number of benzene rings is 1. The quantitative estimate of drug-likeness (QED) is 0.331. The topological polar surface area (TPSA) is 132 Å². The van der Waals surface area contributed by atoms with Crippen LogP contribution in [0.3, 0.4) is 0 Å². The van der Waals surface area contributed by atoms with Crippen molar-refractivity contribution >= 4 is 40.9 Å². The lowest BCUT2D eigenvalue weighted by molar-refractivity contribution is -0.918. The summed E-state index contributed by atoms with van der Waals surface area (Å²) < 4.78 is 31.5. The minimum Gasteiger partial charge on any atom is -0.542 e. The van der Waals surface area contributed by atoms with Crippen molar-refractivity contribution in [2.24, 2.45) is 5.41 Å². The van der Waals surface area contributed by atoms with E-state index in [0.717, 1.165) is 70.1 Å². The summed E-state index contributed by atoms with van der Waals surface area (Å²) in [6, 6.07) is 4.96. The van der Waals surface area contributed by atoms with Gasteiger partial charge in [0.05, 0.1) is 31.1 Å². The molecular weight excluding hydrogens is 586 g/mol. The summed E-state index contributed by atoms with van der Waals surface area (Å²) in [4.78, 5) is 40.2. The molecule has 0 spiro atoms. The third-order valence-electron chi connectivity index (χ3n) is 7.69. The largest absolute Gasteiger partial charge is 0.542 e. The average Bonchev–Trinajstić information content (AvgIpc) is 3.43. The van der Waals surface area contributed by atoms with Gasteiger partial charge in [0, 0.05) is 47.7 Å². The van der Waals surface area contributed by atoms with Crippen LogP contribution >= 0.6 is 23.2 Å². The maximum absolute atomic E-state index is 13.5. The number of aliphatic carboxylic acids is 1. The van der Waals surface area contributed by atoms with Gasteiger partial charge in [0.15, 0.2) is 5.82 Å². The van der Waals surface area contributed by atoms with Crippen LogP contribution in [0.15, 0.2) is 18.2 Å². The van der Waals surface area contributed by atoms with Crippen molar-refractivity contribution in [1.82, 2.24) is 20.5 Å². The van der Waals surface area contributed by atoms with Crippen LogP contribution in [0.5, 0.6) is 0 Å². The summed E-state index contributed by atoms with van der Waals surface area (Å²) >= 11 is 12.3. The Morgan fingerprint density at radius 2 is 1.66 bits per heavy atom. The van der Waals surface area contributed by atoms with Gasteiger partial charge in [-0.25, -0.2) is 4.98 Å². The molecule has 3 aliphatic rings. The van der Waals surface area contributed by atoms with E-state index < -0.39 is 12.1 Å². The second-order valence-corrected chi connectivity index (χ2v) is 11.4. The van der Waals surface area contributed by atoms with Gasteiger partial charge >= 0.3 is 6.18 Å². The number of fused-ring (bicyclic) bond motifs is 3. The molecule has 0 unspecified atom stereocenters. The van der Waals surface area contributed by atoms with Crippen LogP contribution in [0.1, 0.15) is 76.6 Å². The maximum Gasteiger partial charge on any atom is 0.430 e. The molecule has 0 saturated carbocycles. The molecule has 3 N–H and O–H groups in total. The highest BCUT2D eigenvalue weighted by Crippen LogP contribution is 2.35. The number of hydrogen-bond donors (Lipinski definition) is 3. The number of nitrogens with one attached hydrogen (secondary N) is 3. The fourth-order valence-corrected chi connectivity index (χ4v) is 5.72. The number of carboxylic acid groups (broad SMARTS) is 1. The van der Waals surface area contributed by atoms with Gasteiger partial charge in [-0.1, -0.05) is 43.0 Å². The van der Waals surface area contributed by atoms with E-state index in [9.17, 15) is 22.8 Å². The Morgan fingerprint density at radius 1 is 1.07 bits per heavy atom. The second kappa shape index (κ2) is 14.5. The summed E-state index contributed by atoms with van der Waals surface area (Å²) in [6.07, 6.45) is 2.31. The number of H-pyrrole nitrogens is 1. The Balaban J connectivity index is 0.000000587. The molecule has 1 aromatic carbocycles. The Hall–Kier alpha value is -2.70. The average molecular weight is 621 g/mol. The van der Waals surface area contributed by atoms with Gasteiger partial charge in [0.2, 0.25) is 5.91 Å². The fraction of sp³-hybridized carbons (Fsp3) is 0.593. The molecule has 1 aromatic heterocycles. The molecule has 226 valence electrons. The minimum absolute atomic E-state index is 0.140. The number of alkyl halides is 3. The number of carbonyl (C=O) groups excluding carboxylic acids is 3. The number of hydrogen-bond acceptors (Lipinski definition) is 6. The Labute approximate surface area is 246 Å². The molecule has 2 aromatic rings. The van der Waals surface area contributed by atoms with Crippen LogP contribution in [0, 0.1) is 5.41 Å². The predicted molar refractivity (Wildman–Crippen MR) is 144 cm³/mol. The summed E-state index contributed by atoms with van der Waals surface area (Å²) in [6.45, 7) is 5.13. The van der Waals surface area contributed by atoms with Crippen LogP contribution in [0.25, 0.3) is 11.4 Å². The van der Waals surface area contributed by atoms with Gasteiger partial charge < -0.3 is 20.1 Å². The molecule has 9 nitrogen and oxygen atoms in total. The molecule has 5 rings (SSSR count). The zero-order valence-electron chi connectivity index (χ0n) is 22.7. The SMILES string of the molecule is CCC(=O)CCCCC[C@H](NC(=O)C12CC[NH+](CC1)CC2)c1nc(-c2cc(Cl)cc(Cl)c2)n[nH]1.O=C([O-])C(F)(F)F. The van der Waals surface area contributed by atoms with Crippen LogP contribution in [-0.2, 0) is 14.4 Å². The molecule has 0 aliphatic carbocycles. The number of Topliss-reactive ketones (excluding diaryl/α,β-unsaturated/α-hetero) is 1. The number of ketones is 1. The maximum atomic E-state index is 13.5. The van der Waals surface area contributed by atoms with Crippen LogP contribution in [0.2, 0.25) is 10.0 Å². The number of nitrogens with zero attached hydrogens (tertiary/aromatic N) is 2. The Morgan fingerprint density at radius 3 is 2.20 bits per heavy atom. The van der Waals surface area contributed by atoms with Gasteiger partial charge in [0.1, 0.15) is 17.6 Å². The first-order valence-electron chi connectivity index (χ1n) is 13.7. The molecule has 2 bridgehead atoms.